The van der Waals surface area contributed by atoms with Crippen LogP contribution in [0.25, 0.3) is 0 Å². The minimum absolute atomic E-state index is 0.0618. The van der Waals surface area contributed by atoms with Crippen LogP contribution in [0.5, 0.6) is 0 Å². The molecule has 0 radical (unpaired) electrons. The second kappa shape index (κ2) is 10.4. The van der Waals surface area contributed by atoms with Crippen LogP contribution in [0.2, 0.25) is 0 Å². The van der Waals surface area contributed by atoms with Gasteiger partial charge in [0, 0.05) is 25.3 Å². The molecule has 1 aromatic heterocycles. The molecule has 0 bridgehead atoms. The van der Waals surface area contributed by atoms with Crippen molar-refractivity contribution in [2.24, 2.45) is 5.92 Å². The van der Waals surface area contributed by atoms with Gasteiger partial charge in [0.25, 0.3) is 11.8 Å². The van der Waals surface area contributed by atoms with E-state index in [0.29, 0.717) is 25.3 Å². The molecular formula is C24H25N5O3S. The normalized spacial score (nSPS) is 15.7. The first-order valence-electron chi connectivity index (χ1n) is 10.8. The molecule has 2 aromatic carbocycles. The van der Waals surface area contributed by atoms with E-state index in [2.05, 4.69) is 20.8 Å². The number of nitrogens with one attached hydrogen (secondary N) is 2. The van der Waals surface area contributed by atoms with Crippen molar-refractivity contribution >= 4 is 34.7 Å². The molecule has 1 aliphatic heterocycles. The van der Waals surface area contributed by atoms with Gasteiger partial charge in [-0.15, -0.1) is 10.2 Å². The number of aromatic nitrogens is 2. The molecule has 1 aliphatic rings. The van der Waals surface area contributed by atoms with Gasteiger partial charge < -0.3 is 15.5 Å². The van der Waals surface area contributed by atoms with Crippen LogP contribution < -0.4 is 10.6 Å². The van der Waals surface area contributed by atoms with E-state index in [4.69, 9.17) is 0 Å². The maximum atomic E-state index is 12.9. The first kappa shape index (κ1) is 22.6. The number of nitrogens with zero attached hydrogens (tertiary/aromatic N) is 3. The molecule has 4 rings (SSSR count). The number of rotatable bonds is 6. The number of hydrogen-bond acceptors (Lipinski definition) is 6. The summed E-state index contributed by atoms with van der Waals surface area (Å²) < 4.78 is 0. The summed E-state index contributed by atoms with van der Waals surface area (Å²) in [5.41, 5.74) is 2.85. The van der Waals surface area contributed by atoms with Crippen LogP contribution in [0.3, 0.4) is 0 Å². The molecule has 1 unspecified atom stereocenters. The minimum Gasteiger partial charge on any atom is -0.352 e. The zero-order valence-corrected chi connectivity index (χ0v) is 19.1. The summed E-state index contributed by atoms with van der Waals surface area (Å²) in [7, 11) is 0. The van der Waals surface area contributed by atoms with E-state index < -0.39 is 5.91 Å². The molecule has 1 fully saturated rings. The highest BCUT2D eigenvalue weighted by molar-refractivity contribution is 7.15. The molecule has 0 spiro atoms. The van der Waals surface area contributed by atoms with Gasteiger partial charge in [-0.2, -0.15) is 0 Å². The van der Waals surface area contributed by atoms with Crippen molar-refractivity contribution in [2.75, 3.05) is 18.4 Å². The lowest BCUT2D eigenvalue weighted by Gasteiger charge is -2.31. The number of amides is 3. The fraction of sp³-hybridized carbons (Fsp3) is 0.292. The van der Waals surface area contributed by atoms with Crippen molar-refractivity contribution in [1.29, 1.82) is 0 Å². The molecule has 2 heterocycles. The van der Waals surface area contributed by atoms with Crippen LogP contribution in [0, 0.1) is 12.8 Å². The third kappa shape index (κ3) is 5.81. The van der Waals surface area contributed by atoms with Gasteiger partial charge in [-0.1, -0.05) is 59.4 Å². The van der Waals surface area contributed by atoms with Crippen molar-refractivity contribution in [3.8, 4) is 0 Å². The van der Waals surface area contributed by atoms with Crippen LogP contribution >= 0.6 is 11.3 Å². The molecule has 0 saturated carbocycles. The minimum atomic E-state index is -0.412. The monoisotopic (exact) mass is 463 g/mol. The van der Waals surface area contributed by atoms with Crippen LogP contribution in [0.4, 0.5) is 5.69 Å². The smallest absolute Gasteiger partial charge is 0.286 e. The Bertz CT molecular complexity index is 1130. The summed E-state index contributed by atoms with van der Waals surface area (Å²) in [6.07, 6.45) is 1.46. The average molecular weight is 464 g/mol. The maximum absolute atomic E-state index is 12.9. The van der Waals surface area contributed by atoms with Gasteiger partial charge in [0.15, 0.2) is 0 Å². The number of carbonyl (C=O) groups is 3. The number of para-hydroxylation sites is 1. The van der Waals surface area contributed by atoms with E-state index >= 15 is 0 Å². The Labute approximate surface area is 196 Å². The van der Waals surface area contributed by atoms with Gasteiger partial charge >= 0.3 is 0 Å². The first-order chi connectivity index (χ1) is 16.0. The molecule has 3 aromatic rings. The summed E-state index contributed by atoms with van der Waals surface area (Å²) in [4.78, 5) is 39.6. The average Bonchev–Trinajstić information content (AvgIpc) is 3.34. The first-order valence-corrected chi connectivity index (χ1v) is 11.6. The molecule has 1 saturated heterocycles. The second-order valence-electron chi connectivity index (χ2n) is 8.03. The van der Waals surface area contributed by atoms with Crippen molar-refractivity contribution in [3.63, 3.8) is 0 Å². The Balaban J connectivity index is 1.33. The number of aryl methyl sites for hydroxylation is 1. The molecule has 170 valence electrons. The Kier molecular flexibility index (Phi) is 7.09. The van der Waals surface area contributed by atoms with Gasteiger partial charge in [0.05, 0.1) is 5.92 Å². The Morgan fingerprint density at radius 3 is 2.52 bits per heavy atom. The fourth-order valence-electron chi connectivity index (χ4n) is 3.66. The quantitative estimate of drug-likeness (QED) is 0.584. The number of anilines is 1. The summed E-state index contributed by atoms with van der Waals surface area (Å²) in [6.45, 7) is 3.35. The number of piperidine rings is 1. The van der Waals surface area contributed by atoms with Crippen LogP contribution in [-0.4, -0.2) is 45.9 Å². The van der Waals surface area contributed by atoms with Crippen molar-refractivity contribution in [1.82, 2.24) is 20.4 Å². The van der Waals surface area contributed by atoms with E-state index in [-0.39, 0.29) is 27.7 Å². The Hall–Kier alpha value is -3.59. The van der Waals surface area contributed by atoms with Gasteiger partial charge in [-0.05, 0) is 37.5 Å². The van der Waals surface area contributed by atoms with Crippen molar-refractivity contribution in [2.45, 2.75) is 26.3 Å². The summed E-state index contributed by atoms with van der Waals surface area (Å²) >= 11 is 0.954. The van der Waals surface area contributed by atoms with E-state index in [1.165, 1.54) is 5.56 Å². The lowest BCUT2D eigenvalue weighted by Crippen LogP contribution is -2.45. The molecule has 0 aliphatic carbocycles. The third-order valence-electron chi connectivity index (χ3n) is 5.50. The largest absolute Gasteiger partial charge is 0.352 e. The highest BCUT2D eigenvalue weighted by Crippen LogP contribution is 2.21. The highest BCUT2D eigenvalue weighted by Gasteiger charge is 2.30. The Morgan fingerprint density at radius 2 is 1.76 bits per heavy atom. The summed E-state index contributed by atoms with van der Waals surface area (Å²) in [5, 5.41) is 13.8. The molecule has 8 nitrogen and oxygen atoms in total. The maximum Gasteiger partial charge on any atom is 0.286 e. The molecule has 3 amide bonds. The van der Waals surface area contributed by atoms with E-state index in [1.54, 1.807) is 17.0 Å². The summed E-state index contributed by atoms with van der Waals surface area (Å²) in [5.74, 6) is -1.05. The molecule has 33 heavy (non-hydrogen) atoms. The number of benzene rings is 2. The standard InChI is InChI=1S/C24H25N5O3S/c1-16-9-11-17(12-10-16)14-25-20(30)18-6-5-13-29(15-18)24(32)23-28-27-22(33-23)21(31)26-19-7-3-2-4-8-19/h2-4,7-12,18H,5-6,13-15H2,1H3,(H,25,30)(H,26,31). The van der Waals surface area contributed by atoms with Crippen LogP contribution in [-0.2, 0) is 11.3 Å². The van der Waals surface area contributed by atoms with Crippen molar-refractivity contribution < 1.29 is 14.4 Å². The number of carbonyl (C=O) groups excluding carboxylic acids is 3. The molecular weight excluding hydrogens is 438 g/mol. The molecule has 1 atom stereocenters. The predicted octanol–water partition coefficient (Wildman–Crippen LogP) is 3.27. The number of hydrogen-bond donors (Lipinski definition) is 2. The lowest BCUT2D eigenvalue weighted by molar-refractivity contribution is -0.126. The zero-order valence-electron chi connectivity index (χ0n) is 18.3. The van der Waals surface area contributed by atoms with E-state index in [1.807, 2.05) is 49.4 Å². The van der Waals surface area contributed by atoms with Crippen molar-refractivity contribution in [3.05, 3.63) is 75.7 Å². The van der Waals surface area contributed by atoms with Crippen LogP contribution in [0.15, 0.2) is 54.6 Å². The Morgan fingerprint density at radius 1 is 1.03 bits per heavy atom. The number of likely N-dealkylation sites (tertiary alicyclic amines) is 1. The van der Waals surface area contributed by atoms with Gasteiger partial charge in [-0.25, -0.2) is 0 Å². The molecule has 9 heteroatoms. The predicted molar refractivity (Wildman–Crippen MR) is 126 cm³/mol. The highest BCUT2D eigenvalue weighted by atomic mass is 32.1. The topological polar surface area (TPSA) is 104 Å². The van der Waals surface area contributed by atoms with E-state index in [9.17, 15) is 14.4 Å². The molecule has 2 N–H and O–H groups in total. The van der Waals surface area contributed by atoms with Gasteiger partial charge in [-0.3, -0.25) is 14.4 Å². The second-order valence-corrected chi connectivity index (χ2v) is 9.00. The fourth-order valence-corrected chi connectivity index (χ4v) is 4.36. The zero-order chi connectivity index (χ0) is 23.2. The SMILES string of the molecule is Cc1ccc(CNC(=O)C2CCCN(C(=O)c3nnc(C(=O)Nc4ccccc4)s3)C2)cc1. The van der Waals surface area contributed by atoms with Gasteiger partial charge in [0.1, 0.15) is 0 Å². The summed E-state index contributed by atoms with van der Waals surface area (Å²) in [6, 6.07) is 17.0. The third-order valence-corrected chi connectivity index (χ3v) is 6.41. The van der Waals surface area contributed by atoms with Gasteiger partial charge in [0.2, 0.25) is 15.9 Å². The lowest BCUT2D eigenvalue weighted by atomic mass is 9.97. The van der Waals surface area contributed by atoms with Crippen LogP contribution in [0.1, 0.15) is 43.6 Å². The van der Waals surface area contributed by atoms with E-state index in [0.717, 1.165) is 29.7 Å².